The van der Waals surface area contributed by atoms with E-state index in [0.717, 1.165) is 0 Å². The van der Waals surface area contributed by atoms with E-state index in [2.05, 4.69) is 10.3 Å². The first kappa shape index (κ1) is 25.3. The van der Waals surface area contributed by atoms with Crippen LogP contribution in [0.4, 0.5) is 16.2 Å². The molecule has 0 heterocycles. The molecule has 0 saturated heterocycles. The minimum absolute atomic E-state index is 0.0210. The van der Waals surface area contributed by atoms with Crippen LogP contribution in [0.1, 0.15) is 19.4 Å². The molecule has 0 atom stereocenters. The van der Waals surface area contributed by atoms with Crippen LogP contribution in [0.25, 0.3) is 0 Å². The normalized spacial score (nSPS) is 11.3. The van der Waals surface area contributed by atoms with Crippen LogP contribution >= 0.6 is 34.8 Å². The lowest BCUT2D eigenvalue weighted by Crippen LogP contribution is -2.18. The predicted octanol–water partition coefficient (Wildman–Crippen LogP) is 7.75. The third-order valence-corrected chi connectivity index (χ3v) is 5.11. The van der Waals surface area contributed by atoms with Crippen LogP contribution in [0.15, 0.2) is 65.7 Å². The van der Waals surface area contributed by atoms with Crippen LogP contribution in [-0.4, -0.2) is 23.0 Å². The van der Waals surface area contributed by atoms with Crippen molar-refractivity contribution in [3.63, 3.8) is 0 Å². The fraction of sp³-hybridized carbons (Fsp3) is 0.130. The Hall–Kier alpha value is -3.33. The highest BCUT2D eigenvalue weighted by molar-refractivity contribution is 6.40. The molecular weight excluding hydrogens is 505 g/mol. The van der Waals surface area contributed by atoms with E-state index in [9.17, 15) is 14.9 Å². The molecular formula is C23H18Cl3N3O5. The van der Waals surface area contributed by atoms with E-state index in [1.807, 2.05) is 0 Å². The van der Waals surface area contributed by atoms with Gasteiger partial charge < -0.3 is 14.8 Å². The van der Waals surface area contributed by atoms with Gasteiger partial charge in [0.05, 0.1) is 31.7 Å². The van der Waals surface area contributed by atoms with E-state index in [4.69, 9.17) is 44.3 Å². The molecule has 8 nitrogen and oxygen atoms in total. The van der Waals surface area contributed by atoms with E-state index >= 15 is 0 Å². The number of rotatable bonds is 6. The van der Waals surface area contributed by atoms with E-state index in [0.29, 0.717) is 22.7 Å². The van der Waals surface area contributed by atoms with Crippen LogP contribution in [0.5, 0.6) is 11.5 Å². The molecule has 0 aromatic heterocycles. The molecule has 0 aliphatic heterocycles. The van der Waals surface area contributed by atoms with Crippen molar-refractivity contribution in [3.8, 4) is 11.5 Å². The number of nitrogens with zero attached hydrogens (tertiary/aromatic N) is 2. The monoisotopic (exact) mass is 521 g/mol. The topological polar surface area (TPSA) is 103 Å². The number of carbonyl (C=O) groups is 1. The zero-order valence-corrected chi connectivity index (χ0v) is 20.2. The summed E-state index contributed by atoms with van der Waals surface area (Å²) in [5.74, 6) is 0.636. The highest BCUT2D eigenvalue weighted by Crippen LogP contribution is 2.32. The zero-order chi connectivity index (χ0) is 24.8. The predicted molar refractivity (Wildman–Crippen MR) is 133 cm³/mol. The molecule has 3 aromatic carbocycles. The Balaban J connectivity index is 1.77. The number of benzene rings is 3. The van der Waals surface area contributed by atoms with Gasteiger partial charge in [0.25, 0.3) is 5.69 Å². The number of anilines is 1. The maximum atomic E-state index is 12.6. The van der Waals surface area contributed by atoms with Crippen molar-refractivity contribution < 1.29 is 19.2 Å². The largest absolute Gasteiger partial charge is 0.474 e. The molecule has 176 valence electrons. The molecule has 0 unspecified atom stereocenters. The first-order valence-corrected chi connectivity index (χ1v) is 11.0. The van der Waals surface area contributed by atoms with Crippen molar-refractivity contribution in [1.29, 1.82) is 0 Å². The molecule has 0 aliphatic carbocycles. The smallest absolute Gasteiger partial charge is 0.348 e. The van der Waals surface area contributed by atoms with Crippen LogP contribution < -0.4 is 10.1 Å². The summed E-state index contributed by atoms with van der Waals surface area (Å²) in [7, 11) is 0. The first-order valence-electron chi connectivity index (χ1n) is 9.86. The Labute approximate surface area is 210 Å². The van der Waals surface area contributed by atoms with Gasteiger partial charge in [-0.1, -0.05) is 40.9 Å². The maximum Gasteiger partial charge on any atom is 0.348 e. The lowest BCUT2D eigenvalue weighted by Gasteiger charge is -2.15. The van der Waals surface area contributed by atoms with Crippen LogP contribution in [0, 0.1) is 10.1 Å². The molecule has 3 rings (SSSR count). The first-order chi connectivity index (χ1) is 16.1. The fourth-order valence-electron chi connectivity index (χ4n) is 2.73. The van der Waals surface area contributed by atoms with Gasteiger partial charge in [0.2, 0.25) is 5.90 Å². The van der Waals surface area contributed by atoms with Gasteiger partial charge in [-0.25, -0.2) is 4.79 Å². The highest BCUT2D eigenvalue weighted by Gasteiger charge is 2.18. The van der Waals surface area contributed by atoms with Crippen molar-refractivity contribution in [1.82, 2.24) is 0 Å². The molecule has 0 saturated carbocycles. The Morgan fingerprint density at radius 3 is 2.21 bits per heavy atom. The summed E-state index contributed by atoms with van der Waals surface area (Å²) in [6.07, 6.45) is -0.288. The van der Waals surface area contributed by atoms with Gasteiger partial charge in [-0.2, -0.15) is 4.99 Å². The maximum absolute atomic E-state index is 12.6. The molecule has 0 radical (unpaired) electrons. The number of aliphatic imine (C=N–C) groups is 1. The minimum Gasteiger partial charge on any atom is -0.474 e. The van der Waals surface area contributed by atoms with Crippen LogP contribution in [-0.2, 0) is 4.74 Å². The van der Waals surface area contributed by atoms with Gasteiger partial charge in [0, 0.05) is 17.8 Å². The second kappa shape index (κ2) is 11.2. The molecule has 0 bridgehead atoms. The summed E-state index contributed by atoms with van der Waals surface area (Å²) in [6.45, 7) is 3.56. The minimum atomic E-state index is -0.730. The SMILES string of the molecule is CC(C)O/C(=N\C(=O)Nc1ccc(Oc2ccc([N+](=O)[O-])cc2)c(Cl)c1)c1c(Cl)cccc1Cl. The Morgan fingerprint density at radius 1 is 1.00 bits per heavy atom. The number of hydrogen-bond donors (Lipinski definition) is 1. The van der Waals surface area contributed by atoms with Crippen LogP contribution in [0.3, 0.4) is 0 Å². The standard InChI is InChI=1S/C23H18Cl3N3O5/c1-13(2)33-22(21-17(24)4-3-5-18(21)25)28-23(30)27-14-6-11-20(19(26)12-14)34-16-9-7-15(8-10-16)29(31)32/h3-13H,1-2H3,(H,27,30)/b28-22-. The number of amides is 2. The lowest BCUT2D eigenvalue weighted by atomic mass is 10.2. The quantitative estimate of drug-likeness (QED) is 0.154. The summed E-state index contributed by atoms with van der Waals surface area (Å²) in [5.41, 5.74) is 0.597. The number of ether oxygens (including phenoxy) is 2. The van der Waals surface area contributed by atoms with Gasteiger partial charge in [-0.3, -0.25) is 10.1 Å². The molecule has 3 aromatic rings. The third kappa shape index (κ3) is 6.60. The van der Waals surface area contributed by atoms with E-state index in [-0.39, 0.29) is 32.8 Å². The fourth-order valence-corrected chi connectivity index (χ4v) is 3.51. The molecule has 0 aliphatic rings. The van der Waals surface area contributed by atoms with Gasteiger partial charge in [0.1, 0.15) is 11.5 Å². The van der Waals surface area contributed by atoms with Gasteiger partial charge in [-0.15, -0.1) is 0 Å². The van der Waals surface area contributed by atoms with Gasteiger partial charge in [0.15, 0.2) is 0 Å². The van der Waals surface area contributed by atoms with E-state index < -0.39 is 11.0 Å². The number of non-ortho nitro benzene ring substituents is 1. The van der Waals surface area contributed by atoms with Crippen molar-refractivity contribution in [2.45, 2.75) is 20.0 Å². The average Bonchev–Trinajstić information content (AvgIpc) is 2.75. The highest BCUT2D eigenvalue weighted by atomic mass is 35.5. The van der Waals surface area contributed by atoms with Gasteiger partial charge in [-0.05, 0) is 56.3 Å². The van der Waals surface area contributed by atoms with Crippen molar-refractivity contribution in [2.24, 2.45) is 4.99 Å². The Kier molecular flexibility index (Phi) is 8.33. The number of halogens is 3. The Bertz CT molecular complexity index is 1230. The van der Waals surface area contributed by atoms with Crippen LogP contribution in [0.2, 0.25) is 15.1 Å². The summed E-state index contributed by atoms with van der Waals surface area (Å²) in [4.78, 5) is 26.8. The number of carbonyl (C=O) groups excluding carboxylic acids is 1. The number of nitrogens with one attached hydrogen (secondary N) is 1. The molecule has 11 heteroatoms. The summed E-state index contributed by atoms with van der Waals surface area (Å²) in [5, 5.41) is 14.1. The number of hydrogen-bond acceptors (Lipinski definition) is 5. The second-order valence-corrected chi connectivity index (χ2v) is 8.33. The van der Waals surface area contributed by atoms with Crippen molar-refractivity contribution in [2.75, 3.05) is 5.32 Å². The summed E-state index contributed by atoms with van der Waals surface area (Å²) >= 11 is 18.8. The molecule has 1 N–H and O–H groups in total. The average molecular weight is 523 g/mol. The van der Waals surface area contributed by atoms with Gasteiger partial charge >= 0.3 is 6.03 Å². The molecule has 0 fully saturated rings. The van der Waals surface area contributed by atoms with E-state index in [1.54, 1.807) is 44.2 Å². The molecule has 0 spiro atoms. The van der Waals surface area contributed by atoms with E-state index in [1.165, 1.54) is 30.3 Å². The second-order valence-electron chi connectivity index (χ2n) is 7.11. The van der Waals surface area contributed by atoms with Crippen molar-refractivity contribution >= 4 is 58.1 Å². The lowest BCUT2D eigenvalue weighted by molar-refractivity contribution is -0.384. The molecule has 34 heavy (non-hydrogen) atoms. The summed E-state index contributed by atoms with van der Waals surface area (Å²) < 4.78 is 11.3. The Morgan fingerprint density at radius 2 is 1.65 bits per heavy atom. The summed E-state index contributed by atoms with van der Waals surface area (Å²) in [6, 6.07) is 14.3. The number of urea groups is 1. The van der Waals surface area contributed by atoms with Crippen molar-refractivity contribution in [3.05, 3.63) is 91.4 Å². The number of nitro groups is 1. The third-order valence-electron chi connectivity index (χ3n) is 4.19. The molecule has 2 amide bonds. The number of nitro benzene ring substituents is 1. The zero-order valence-electron chi connectivity index (χ0n) is 17.9.